The zero-order chi connectivity index (χ0) is 21.4. The number of thioether (sulfide) groups is 1. The molecule has 0 radical (unpaired) electrons. The first-order valence-electron chi connectivity index (χ1n) is 8.96. The molecule has 30 heavy (non-hydrogen) atoms. The fourth-order valence-electron chi connectivity index (χ4n) is 3.38. The van der Waals surface area contributed by atoms with E-state index in [9.17, 15) is 19.5 Å². The number of carbonyl (C=O) groups excluding carboxylic acids is 3. The molecule has 0 saturated carbocycles. The first-order valence-corrected chi connectivity index (χ1v) is 9.78. The lowest BCUT2D eigenvalue weighted by molar-refractivity contribution is -0.137. The van der Waals surface area contributed by atoms with E-state index in [1.807, 2.05) is 0 Å². The maximum absolute atomic E-state index is 13.1. The molecule has 0 saturated heterocycles. The Morgan fingerprint density at radius 3 is 2.47 bits per heavy atom. The maximum Gasteiger partial charge on any atom is 0.307 e. The quantitative estimate of drug-likeness (QED) is 0.583. The number of benzene rings is 1. The van der Waals surface area contributed by atoms with Crippen LogP contribution in [-0.4, -0.2) is 39.7 Å². The molecule has 2 aromatic rings. The maximum atomic E-state index is 13.1. The summed E-state index contributed by atoms with van der Waals surface area (Å²) in [5.74, 6) is -0.758. The molecule has 8 nitrogen and oxygen atoms in total. The van der Waals surface area contributed by atoms with Gasteiger partial charge in [0.15, 0.2) is 22.5 Å². The number of nitrogens with zero attached hydrogens (tertiary/aromatic N) is 2. The predicted molar refractivity (Wildman–Crippen MR) is 106 cm³/mol. The van der Waals surface area contributed by atoms with Crippen molar-refractivity contribution in [3.8, 4) is 11.5 Å². The van der Waals surface area contributed by atoms with Crippen LogP contribution in [0.5, 0.6) is 11.5 Å². The van der Waals surface area contributed by atoms with Gasteiger partial charge in [0.05, 0.1) is 25.1 Å². The summed E-state index contributed by atoms with van der Waals surface area (Å²) >= 11 is 1.14. The first kappa shape index (κ1) is 19.8. The fraction of sp³-hybridized carbons (Fsp3) is 0.190. The van der Waals surface area contributed by atoms with Gasteiger partial charge in [0.1, 0.15) is 11.5 Å². The number of hydrogen-bond acceptors (Lipinski definition) is 9. The number of Topliss-reactive ketones (excluding diaryl/α,β-unsaturated/α-hetero) is 2. The lowest BCUT2D eigenvalue weighted by Crippen LogP contribution is -2.26. The topological polar surface area (TPSA) is 116 Å². The molecule has 1 N–H and O–H groups in total. The summed E-state index contributed by atoms with van der Waals surface area (Å²) in [6, 6.07) is 4.39. The van der Waals surface area contributed by atoms with Crippen molar-refractivity contribution in [2.75, 3.05) is 7.11 Å². The number of aromatic nitrogens is 2. The van der Waals surface area contributed by atoms with Gasteiger partial charge in [-0.05, 0) is 6.07 Å². The van der Waals surface area contributed by atoms with Gasteiger partial charge in [-0.2, -0.15) is 0 Å². The number of esters is 1. The van der Waals surface area contributed by atoms with E-state index in [0.29, 0.717) is 15.8 Å². The van der Waals surface area contributed by atoms with Crippen LogP contribution >= 0.6 is 11.8 Å². The zero-order valence-electron chi connectivity index (χ0n) is 16.1. The Hall–Kier alpha value is -3.46. The van der Waals surface area contributed by atoms with E-state index in [1.54, 1.807) is 0 Å². The standard InChI is InChI=1S/C21H16N2O6S/c1-10(24)29-16-6-13-14(7-17(16)30-21-22-8-11(28-2)9-23-21)20(27)18-12(19(13)26)4-3-5-15(18)25/h3-5,8-9,25H,6-7H2,1-2H3. The van der Waals surface area contributed by atoms with E-state index in [-0.39, 0.29) is 52.4 Å². The number of fused-ring (bicyclic) bond motifs is 1. The van der Waals surface area contributed by atoms with Crippen LogP contribution in [0.4, 0.5) is 0 Å². The lowest BCUT2D eigenvalue weighted by atomic mass is 9.78. The Labute approximate surface area is 175 Å². The van der Waals surface area contributed by atoms with Gasteiger partial charge in [-0.15, -0.1) is 0 Å². The predicted octanol–water partition coefficient (Wildman–Crippen LogP) is 3.23. The Bertz CT molecular complexity index is 1150. The number of hydrogen-bond donors (Lipinski definition) is 1. The number of methoxy groups -OCH3 is 1. The molecule has 0 bridgehead atoms. The van der Waals surface area contributed by atoms with Crippen LogP contribution < -0.4 is 4.74 Å². The summed E-state index contributed by atoms with van der Waals surface area (Å²) in [6.07, 6.45) is 3.06. The Balaban J connectivity index is 1.72. The minimum absolute atomic E-state index is 0.00207. The summed E-state index contributed by atoms with van der Waals surface area (Å²) in [6.45, 7) is 1.27. The minimum Gasteiger partial charge on any atom is -0.507 e. The highest BCUT2D eigenvalue weighted by molar-refractivity contribution is 8.03. The highest BCUT2D eigenvalue weighted by atomic mass is 32.2. The third-order valence-electron chi connectivity index (χ3n) is 4.73. The summed E-state index contributed by atoms with van der Waals surface area (Å²) in [7, 11) is 1.50. The second-order valence-electron chi connectivity index (χ2n) is 6.62. The summed E-state index contributed by atoms with van der Waals surface area (Å²) in [4.78, 5) is 46.6. The monoisotopic (exact) mass is 424 g/mol. The van der Waals surface area contributed by atoms with E-state index >= 15 is 0 Å². The molecule has 152 valence electrons. The van der Waals surface area contributed by atoms with E-state index in [1.165, 1.54) is 44.6 Å². The van der Waals surface area contributed by atoms with Gasteiger partial charge < -0.3 is 14.6 Å². The molecule has 0 spiro atoms. The molecule has 0 fully saturated rings. The normalized spacial score (nSPS) is 15.7. The van der Waals surface area contributed by atoms with Crippen LogP contribution in [0.3, 0.4) is 0 Å². The molecule has 1 aromatic carbocycles. The van der Waals surface area contributed by atoms with Crippen LogP contribution in [0, 0.1) is 0 Å². The average Bonchev–Trinajstić information content (AvgIpc) is 2.73. The SMILES string of the molecule is COc1cnc(SC2=C(OC(C)=O)CC3=C(C2)C(=O)c2c(O)cccc2C3=O)nc1. The molecular formula is C21H16N2O6S. The van der Waals surface area contributed by atoms with Crippen LogP contribution in [0.25, 0.3) is 0 Å². The molecule has 4 rings (SSSR count). The van der Waals surface area contributed by atoms with Crippen LogP contribution in [0.1, 0.15) is 40.5 Å². The molecule has 2 aliphatic carbocycles. The highest BCUT2D eigenvalue weighted by Crippen LogP contribution is 2.44. The number of ether oxygens (including phenoxy) is 2. The van der Waals surface area contributed by atoms with E-state index < -0.39 is 11.8 Å². The van der Waals surface area contributed by atoms with Crippen LogP contribution in [0.15, 0.2) is 57.6 Å². The molecule has 9 heteroatoms. The first-order chi connectivity index (χ1) is 14.4. The third kappa shape index (κ3) is 3.48. The number of allylic oxidation sites excluding steroid dienone is 3. The van der Waals surface area contributed by atoms with E-state index in [2.05, 4.69) is 9.97 Å². The van der Waals surface area contributed by atoms with Crippen molar-refractivity contribution in [2.45, 2.75) is 24.9 Å². The number of rotatable bonds is 4. The fourth-order valence-corrected chi connectivity index (χ4v) is 4.26. The van der Waals surface area contributed by atoms with Crippen LogP contribution in [0.2, 0.25) is 0 Å². The lowest BCUT2D eigenvalue weighted by Gasteiger charge is -2.27. The second-order valence-corrected chi connectivity index (χ2v) is 7.68. The summed E-state index contributed by atoms with van der Waals surface area (Å²) in [5, 5.41) is 10.5. The largest absolute Gasteiger partial charge is 0.507 e. The number of phenols is 1. The van der Waals surface area contributed by atoms with Crippen LogP contribution in [-0.2, 0) is 9.53 Å². The number of ketones is 2. The third-order valence-corrected chi connectivity index (χ3v) is 5.75. The molecule has 2 aliphatic rings. The van der Waals surface area contributed by atoms with Crippen molar-refractivity contribution in [1.29, 1.82) is 0 Å². The Morgan fingerprint density at radius 1 is 1.10 bits per heavy atom. The second kappa shape index (κ2) is 7.75. The van der Waals surface area contributed by atoms with Crippen molar-refractivity contribution in [2.24, 2.45) is 0 Å². The van der Waals surface area contributed by atoms with Gasteiger partial charge in [-0.25, -0.2) is 9.97 Å². The number of carbonyl (C=O) groups is 3. The van der Waals surface area contributed by atoms with E-state index in [4.69, 9.17) is 9.47 Å². The van der Waals surface area contributed by atoms with Crippen molar-refractivity contribution < 1.29 is 29.0 Å². The number of aromatic hydroxyl groups is 1. The van der Waals surface area contributed by atoms with E-state index in [0.717, 1.165) is 11.8 Å². The Kier molecular flexibility index (Phi) is 5.13. The molecule has 0 atom stereocenters. The van der Waals surface area contributed by atoms with Gasteiger partial charge in [-0.1, -0.05) is 23.9 Å². The minimum atomic E-state index is -0.532. The summed E-state index contributed by atoms with van der Waals surface area (Å²) in [5.41, 5.74) is 0.702. The average molecular weight is 424 g/mol. The number of phenolic OH excluding ortho intramolecular Hbond substituents is 1. The van der Waals surface area contributed by atoms with Gasteiger partial charge in [-0.3, -0.25) is 14.4 Å². The molecule has 0 amide bonds. The van der Waals surface area contributed by atoms with Gasteiger partial charge in [0.25, 0.3) is 0 Å². The molecule has 0 unspecified atom stereocenters. The van der Waals surface area contributed by atoms with Gasteiger partial charge >= 0.3 is 5.97 Å². The van der Waals surface area contributed by atoms with Gasteiger partial charge in [0, 0.05) is 41.4 Å². The van der Waals surface area contributed by atoms with Crippen molar-refractivity contribution in [3.05, 3.63) is 63.5 Å². The smallest absolute Gasteiger partial charge is 0.307 e. The molecule has 1 heterocycles. The van der Waals surface area contributed by atoms with Crippen molar-refractivity contribution in [1.82, 2.24) is 9.97 Å². The molecule has 0 aliphatic heterocycles. The van der Waals surface area contributed by atoms with Gasteiger partial charge in [0.2, 0.25) is 0 Å². The zero-order valence-corrected chi connectivity index (χ0v) is 16.9. The van der Waals surface area contributed by atoms with Crippen molar-refractivity contribution >= 4 is 29.3 Å². The highest BCUT2D eigenvalue weighted by Gasteiger charge is 2.38. The summed E-state index contributed by atoms with van der Waals surface area (Å²) < 4.78 is 10.4. The van der Waals surface area contributed by atoms with Crippen molar-refractivity contribution in [3.63, 3.8) is 0 Å². The molecule has 1 aromatic heterocycles. The Morgan fingerprint density at radius 2 is 1.80 bits per heavy atom. The molecular weight excluding hydrogens is 408 g/mol.